The quantitative estimate of drug-likeness (QED) is 0.152. The molecule has 17 aromatic rings. The maximum atomic E-state index is 11.5. The lowest BCUT2D eigenvalue weighted by Gasteiger charge is -2.18. The van der Waals surface area contributed by atoms with E-state index in [4.69, 9.17) is 15.0 Å². The summed E-state index contributed by atoms with van der Waals surface area (Å²) in [5.74, 6) is 1.65. The molecule has 0 aliphatic heterocycles. The van der Waals surface area contributed by atoms with Crippen LogP contribution in [0.4, 0.5) is 0 Å². The van der Waals surface area contributed by atoms with E-state index in [0.717, 1.165) is 116 Å². The minimum Gasteiger partial charge on any atom is -0.309 e. The maximum absolute atomic E-state index is 11.5. The van der Waals surface area contributed by atoms with Crippen LogP contribution in [0.25, 0.3) is 155 Å². The molecule has 0 aliphatic rings. The van der Waals surface area contributed by atoms with Crippen LogP contribution in [0.1, 0.15) is 5.56 Å². The number of nitriles is 1. The topological polar surface area (TPSA) is 82.2 Å². The molecule has 0 amide bonds. The van der Waals surface area contributed by atoms with Crippen molar-refractivity contribution in [2.24, 2.45) is 0 Å². The van der Waals surface area contributed by atoms with Gasteiger partial charge < -0.3 is 18.3 Å². The van der Waals surface area contributed by atoms with Gasteiger partial charge in [-0.3, -0.25) is 0 Å². The fourth-order valence-electron chi connectivity index (χ4n) is 13.3. The molecule has 390 valence electrons. The molecule has 0 fully saturated rings. The second-order valence-corrected chi connectivity index (χ2v) is 21.4. The number of benzene rings is 12. The molecule has 0 radical (unpaired) electrons. The van der Waals surface area contributed by atoms with Gasteiger partial charge in [0.25, 0.3) is 0 Å². The zero-order chi connectivity index (χ0) is 55.4. The molecule has 8 heteroatoms. The summed E-state index contributed by atoms with van der Waals surface area (Å²) in [6.45, 7) is 0. The average molecular weight is 1070 g/mol. The Balaban J connectivity index is 0.969. The molecule has 0 unspecified atom stereocenters. The first-order valence-electron chi connectivity index (χ1n) is 28.2. The highest BCUT2D eigenvalue weighted by Gasteiger charge is 2.26. The average Bonchev–Trinajstić information content (AvgIpc) is 1.75. The van der Waals surface area contributed by atoms with Crippen molar-refractivity contribution >= 4 is 87.2 Å². The van der Waals surface area contributed by atoms with Gasteiger partial charge in [-0.05, 0) is 97.1 Å². The number of fused-ring (bicyclic) bond motifs is 14. The Morgan fingerprint density at radius 2 is 0.690 bits per heavy atom. The highest BCUT2D eigenvalue weighted by molar-refractivity contribution is 6.28. The number of rotatable bonds is 8. The second kappa shape index (κ2) is 18.7. The van der Waals surface area contributed by atoms with Crippen LogP contribution in [0.5, 0.6) is 0 Å². The van der Waals surface area contributed by atoms with E-state index in [9.17, 15) is 5.26 Å². The van der Waals surface area contributed by atoms with Crippen LogP contribution < -0.4 is 0 Å². The number of aromatic nitrogens is 7. The third-order valence-electron chi connectivity index (χ3n) is 16.8. The predicted molar refractivity (Wildman–Crippen MR) is 344 cm³/mol. The summed E-state index contributed by atoms with van der Waals surface area (Å²) < 4.78 is 9.59. The minimum absolute atomic E-state index is 0.515. The van der Waals surface area contributed by atoms with Crippen molar-refractivity contribution in [3.63, 3.8) is 0 Å². The van der Waals surface area contributed by atoms with Crippen molar-refractivity contribution in [3.8, 4) is 74.1 Å². The SMILES string of the molecule is N#Cc1ccc(-n2c3ccccc3c3c2ccc2c4ccccc4n(-c4ccccc4)c23)cc1-c1cc(-c2nc(-c3ccccc3)nc(-c3ccccc3)n2)ccc1-n1c2ccccc2c2c1ccc1c3ccccc3n(-c3ccccc3)c12. The van der Waals surface area contributed by atoms with E-state index >= 15 is 0 Å². The van der Waals surface area contributed by atoms with E-state index in [0.29, 0.717) is 23.0 Å². The second-order valence-electron chi connectivity index (χ2n) is 21.4. The van der Waals surface area contributed by atoms with Crippen LogP contribution in [-0.2, 0) is 0 Å². The molecule has 17 rings (SSSR count). The third kappa shape index (κ3) is 7.09. The van der Waals surface area contributed by atoms with Crippen LogP contribution in [0.3, 0.4) is 0 Å². The van der Waals surface area contributed by atoms with E-state index in [-0.39, 0.29) is 0 Å². The molecule has 84 heavy (non-hydrogen) atoms. The van der Waals surface area contributed by atoms with Crippen molar-refractivity contribution in [1.82, 2.24) is 33.2 Å². The zero-order valence-electron chi connectivity index (χ0n) is 45.1. The van der Waals surface area contributed by atoms with Gasteiger partial charge in [-0.1, -0.05) is 182 Å². The van der Waals surface area contributed by atoms with Gasteiger partial charge >= 0.3 is 0 Å². The molecule has 8 nitrogen and oxygen atoms in total. The van der Waals surface area contributed by atoms with Crippen LogP contribution in [0.15, 0.2) is 279 Å². The number of hydrogen-bond donors (Lipinski definition) is 0. The Labute approximate surface area is 481 Å². The molecule has 12 aromatic carbocycles. The van der Waals surface area contributed by atoms with Gasteiger partial charge in [0, 0.05) is 88.0 Å². The van der Waals surface area contributed by atoms with Crippen molar-refractivity contribution in [2.75, 3.05) is 0 Å². The monoisotopic (exact) mass is 1070 g/mol. The number of hydrogen-bond acceptors (Lipinski definition) is 4. The van der Waals surface area contributed by atoms with Crippen LogP contribution in [-0.4, -0.2) is 33.2 Å². The minimum atomic E-state index is 0.515. The van der Waals surface area contributed by atoms with Gasteiger partial charge in [0.2, 0.25) is 0 Å². The molecule has 0 aliphatic carbocycles. The Hall–Kier alpha value is -11.7. The van der Waals surface area contributed by atoms with Gasteiger partial charge in [0.1, 0.15) is 0 Å². The third-order valence-corrected chi connectivity index (χ3v) is 16.8. The normalized spacial score (nSPS) is 11.8. The Morgan fingerprint density at radius 3 is 1.19 bits per heavy atom. The van der Waals surface area contributed by atoms with Crippen LogP contribution in [0, 0.1) is 11.3 Å². The standard InChI is InChI=1S/C76H46N8/c77-47-51-37-39-54(81-65-35-19-15-31-59(65)70-68(81)43-40-57-55-29-13-17-33-63(55)82(72(57)70)52-25-9-3-10-26-52)46-61(51)62-45-50(76-79-74(48-21-5-1-6-22-48)78-75(80-76)49-23-7-2-8-24-49)38-42-67(62)84-66-36-20-16-32-60(66)71-69(84)44-41-58-56-30-14-18-34-64(56)83(73(58)71)53-27-11-4-12-28-53/h1-46H. The summed E-state index contributed by atoms with van der Waals surface area (Å²) in [5, 5.41) is 20.7. The van der Waals surface area contributed by atoms with Gasteiger partial charge in [0.15, 0.2) is 17.5 Å². The Kier molecular flexibility index (Phi) is 10.5. The molecule has 5 aromatic heterocycles. The first-order chi connectivity index (χ1) is 41.7. The van der Waals surface area contributed by atoms with Gasteiger partial charge in [-0.25, -0.2) is 15.0 Å². The Morgan fingerprint density at radius 1 is 0.274 bits per heavy atom. The highest BCUT2D eigenvalue weighted by atomic mass is 15.0. The van der Waals surface area contributed by atoms with Gasteiger partial charge in [-0.15, -0.1) is 0 Å². The molecule has 0 spiro atoms. The fraction of sp³-hybridized carbons (Fsp3) is 0. The van der Waals surface area contributed by atoms with Crippen molar-refractivity contribution in [1.29, 1.82) is 5.26 Å². The van der Waals surface area contributed by atoms with Crippen LogP contribution >= 0.6 is 0 Å². The number of para-hydroxylation sites is 6. The van der Waals surface area contributed by atoms with Gasteiger partial charge in [0.05, 0.1) is 61.5 Å². The van der Waals surface area contributed by atoms with E-state index in [2.05, 4.69) is 237 Å². The lowest BCUT2D eigenvalue weighted by molar-refractivity contribution is 1.07. The Bertz CT molecular complexity index is 5490. The summed E-state index contributed by atoms with van der Waals surface area (Å²) in [7, 11) is 0. The van der Waals surface area contributed by atoms with E-state index in [1.54, 1.807) is 0 Å². The molecular formula is C76H46N8. The smallest absolute Gasteiger partial charge is 0.164 e. The highest BCUT2D eigenvalue weighted by Crippen LogP contribution is 2.47. The predicted octanol–water partition coefficient (Wildman–Crippen LogP) is 18.8. The summed E-state index contributed by atoms with van der Waals surface area (Å²) in [6, 6.07) is 101. The summed E-state index contributed by atoms with van der Waals surface area (Å²) in [4.78, 5) is 15.6. The summed E-state index contributed by atoms with van der Waals surface area (Å²) >= 11 is 0. The summed E-state index contributed by atoms with van der Waals surface area (Å²) in [5.41, 5.74) is 17.4. The fourth-order valence-corrected chi connectivity index (χ4v) is 13.3. The van der Waals surface area contributed by atoms with Crippen molar-refractivity contribution in [2.45, 2.75) is 0 Å². The zero-order valence-corrected chi connectivity index (χ0v) is 45.1. The molecule has 0 saturated carbocycles. The van der Waals surface area contributed by atoms with Crippen molar-refractivity contribution < 1.29 is 0 Å². The lowest BCUT2D eigenvalue weighted by Crippen LogP contribution is -2.03. The van der Waals surface area contributed by atoms with Gasteiger partial charge in [-0.2, -0.15) is 5.26 Å². The van der Waals surface area contributed by atoms with Crippen molar-refractivity contribution in [3.05, 3.63) is 285 Å². The van der Waals surface area contributed by atoms with E-state index in [1.807, 2.05) is 66.7 Å². The maximum Gasteiger partial charge on any atom is 0.164 e. The lowest BCUT2D eigenvalue weighted by atomic mass is 9.95. The first-order valence-corrected chi connectivity index (χ1v) is 28.2. The molecule has 0 saturated heterocycles. The first kappa shape index (κ1) is 47.2. The largest absolute Gasteiger partial charge is 0.309 e. The van der Waals surface area contributed by atoms with Crippen LogP contribution in [0.2, 0.25) is 0 Å². The number of nitrogens with zero attached hydrogens (tertiary/aromatic N) is 8. The molecule has 0 atom stereocenters. The molecule has 0 N–H and O–H groups in total. The van der Waals surface area contributed by atoms with E-state index in [1.165, 1.54) is 21.5 Å². The van der Waals surface area contributed by atoms with E-state index < -0.39 is 0 Å². The summed E-state index contributed by atoms with van der Waals surface area (Å²) in [6.07, 6.45) is 0. The molecular weight excluding hydrogens is 1020 g/mol. The molecule has 5 heterocycles. The molecule has 0 bridgehead atoms.